The van der Waals surface area contributed by atoms with Gasteiger partial charge in [0.05, 0.1) is 37.6 Å². The molecule has 0 atom stereocenters. The van der Waals surface area contributed by atoms with Crippen molar-refractivity contribution in [1.29, 1.82) is 0 Å². The maximum atomic E-state index is 11.9. The smallest absolute Gasteiger partial charge is 0.246 e. The molecule has 7 heteroatoms. The first-order valence-electron chi connectivity index (χ1n) is 10.9. The summed E-state index contributed by atoms with van der Waals surface area (Å²) in [4.78, 5) is 11.9. The van der Waals surface area contributed by atoms with Crippen molar-refractivity contribution in [1.82, 2.24) is 5.32 Å². The van der Waals surface area contributed by atoms with E-state index in [1.807, 2.05) is 27.7 Å². The number of amides is 1. The van der Waals surface area contributed by atoms with Crippen LogP contribution in [0.2, 0.25) is 0 Å². The summed E-state index contributed by atoms with van der Waals surface area (Å²) in [6.07, 6.45) is 11.0. The average Bonchev–Trinajstić information content (AvgIpc) is 2.67. The summed E-state index contributed by atoms with van der Waals surface area (Å²) in [5, 5.41) is 2.79. The van der Waals surface area contributed by atoms with E-state index in [0.717, 1.165) is 38.2 Å². The van der Waals surface area contributed by atoms with E-state index in [0.29, 0.717) is 45.8 Å². The van der Waals surface area contributed by atoms with Crippen LogP contribution in [0.1, 0.15) is 66.2 Å². The van der Waals surface area contributed by atoms with E-state index >= 15 is 0 Å². The first-order valence-corrected chi connectivity index (χ1v) is 11.5. The van der Waals surface area contributed by atoms with Crippen molar-refractivity contribution in [2.24, 2.45) is 0 Å². The molecule has 1 N–H and O–H groups in total. The van der Waals surface area contributed by atoms with Gasteiger partial charge in [-0.1, -0.05) is 12.8 Å². The summed E-state index contributed by atoms with van der Waals surface area (Å²) in [6, 6.07) is 0. The molecule has 0 saturated heterocycles. The first kappa shape index (κ1) is 29.2. The van der Waals surface area contributed by atoms with Gasteiger partial charge in [0.25, 0.3) is 0 Å². The second kappa shape index (κ2) is 17.8. The average molecular weight is 448 g/mol. The third-order valence-electron chi connectivity index (χ3n) is 4.43. The fourth-order valence-electron chi connectivity index (χ4n) is 2.49. The van der Waals surface area contributed by atoms with Crippen LogP contribution < -0.4 is 5.32 Å². The Balaban J connectivity index is 3.60. The van der Waals surface area contributed by atoms with E-state index < -0.39 is 5.60 Å². The number of nitrogens with one attached hydrogen (secondary N) is 1. The van der Waals surface area contributed by atoms with E-state index in [9.17, 15) is 4.79 Å². The molecule has 0 aromatic carbocycles. The Labute approximate surface area is 188 Å². The molecule has 0 aliphatic heterocycles. The summed E-state index contributed by atoms with van der Waals surface area (Å²) in [6.45, 7) is 11.1. The number of hydrogen-bond acceptors (Lipinski definition) is 5. The fourth-order valence-corrected chi connectivity index (χ4v) is 2.68. The molecule has 176 valence electrons. The second-order valence-electron chi connectivity index (χ2n) is 8.47. The summed E-state index contributed by atoms with van der Waals surface area (Å²) in [5.41, 5.74) is -0.807. The van der Waals surface area contributed by atoms with E-state index in [1.54, 1.807) is 0 Å². The molecule has 0 aliphatic carbocycles. The maximum absolute atomic E-state index is 11.9. The predicted octanol–water partition coefficient (Wildman–Crippen LogP) is 3.94. The van der Waals surface area contributed by atoms with Crippen molar-refractivity contribution in [3.63, 3.8) is 0 Å². The largest absolute Gasteiger partial charge is 0.379 e. The maximum Gasteiger partial charge on any atom is 0.246 e. The van der Waals surface area contributed by atoms with E-state index in [1.165, 1.54) is 0 Å². The summed E-state index contributed by atoms with van der Waals surface area (Å²) >= 11 is 5.63. The van der Waals surface area contributed by atoms with Gasteiger partial charge in [-0.15, -0.1) is 23.9 Å². The first-order chi connectivity index (χ1) is 14.2. The van der Waals surface area contributed by atoms with Gasteiger partial charge < -0.3 is 24.3 Å². The number of alkyl halides is 1. The second-order valence-corrected chi connectivity index (χ2v) is 8.84. The van der Waals surface area contributed by atoms with E-state index in [2.05, 4.69) is 11.2 Å². The number of rotatable bonds is 20. The lowest BCUT2D eigenvalue weighted by molar-refractivity contribution is -0.133. The van der Waals surface area contributed by atoms with Gasteiger partial charge in [-0.3, -0.25) is 4.79 Å². The van der Waals surface area contributed by atoms with Gasteiger partial charge in [-0.25, -0.2) is 0 Å². The third kappa shape index (κ3) is 19.1. The molecule has 0 aromatic rings. The molecule has 0 heterocycles. The minimum atomic E-state index is -0.457. The number of ether oxygens (including phenoxy) is 4. The lowest BCUT2D eigenvalue weighted by Crippen LogP contribution is -2.36. The predicted molar refractivity (Wildman–Crippen MR) is 122 cm³/mol. The Hall–Kier alpha value is -0.840. The molecule has 0 unspecified atom stereocenters. The van der Waals surface area contributed by atoms with Crippen molar-refractivity contribution in [3.05, 3.63) is 0 Å². The number of unbranched alkanes of at least 4 members (excludes halogenated alkanes) is 3. The molecular weight excluding hydrogens is 406 g/mol. The van der Waals surface area contributed by atoms with Crippen molar-refractivity contribution < 1.29 is 23.7 Å². The summed E-state index contributed by atoms with van der Waals surface area (Å²) < 4.78 is 22.5. The monoisotopic (exact) mass is 447 g/mol. The summed E-state index contributed by atoms with van der Waals surface area (Å²) in [5.74, 6) is 3.19. The minimum absolute atomic E-state index is 0.00752. The Bertz CT molecular complexity index is 477. The molecule has 6 nitrogen and oxygen atoms in total. The topological polar surface area (TPSA) is 66.0 Å². The van der Waals surface area contributed by atoms with Gasteiger partial charge in [-0.05, 0) is 47.0 Å². The van der Waals surface area contributed by atoms with Crippen LogP contribution >= 0.6 is 11.6 Å². The van der Waals surface area contributed by atoms with E-state index in [4.69, 9.17) is 37.0 Å². The zero-order valence-corrected chi connectivity index (χ0v) is 20.2. The Morgan fingerprint density at radius 1 is 0.900 bits per heavy atom. The molecule has 0 aromatic heterocycles. The number of carbonyl (C=O) groups is 1. The van der Waals surface area contributed by atoms with Crippen LogP contribution in [0, 0.1) is 12.3 Å². The van der Waals surface area contributed by atoms with E-state index in [-0.39, 0.29) is 18.1 Å². The van der Waals surface area contributed by atoms with Crippen LogP contribution in [0.15, 0.2) is 0 Å². The zero-order chi connectivity index (χ0) is 22.7. The molecule has 0 bridgehead atoms. The van der Waals surface area contributed by atoms with Gasteiger partial charge in [0, 0.05) is 25.5 Å². The van der Waals surface area contributed by atoms with Gasteiger partial charge >= 0.3 is 0 Å². The van der Waals surface area contributed by atoms with Crippen LogP contribution in [0.5, 0.6) is 0 Å². The summed E-state index contributed by atoms with van der Waals surface area (Å²) in [7, 11) is 0. The highest BCUT2D eigenvalue weighted by atomic mass is 35.5. The highest BCUT2D eigenvalue weighted by Gasteiger charge is 2.23. The third-order valence-corrected chi connectivity index (χ3v) is 4.70. The molecule has 30 heavy (non-hydrogen) atoms. The number of hydrogen-bond donors (Lipinski definition) is 1. The lowest BCUT2D eigenvalue weighted by atomic mass is 10.0. The standard InChI is InChI=1S/C23H42ClNO5/c1-6-11-22(2,3)29-16-12-23(4,5)30-20-21(26)25-14-17-28-19-18-27-15-10-8-7-9-13-24/h1H,7-20H2,2-5H3,(H,25,26). The quantitative estimate of drug-likeness (QED) is 0.174. The molecular formula is C23H42ClNO5. The van der Waals surface area contributed by atoms with Crippen molar-refractivity contribution in [3.8, 4) is 12.3 Å². The van der Waals surface area contributed by atoms with Crippen LogP contribution in [-0.4, -0.2) is 69.2 Å². The normalized spacial score (nSPS) is 12.0. The SMILES string of the molecule is C#CCC(C)(C)OCCC(C)(C)OCC(=O)NCCOCCOCCCCCCCl. The van der Waals surface area contributed by atoms with Crippen LogP contribution in [-0.2, 0) is 23.7 Å². The van der Waals surface area contributed by atoms with Gasteiger partial charge in [-0.2, -0.15) is 0 Å². The van der Waals surface area contributed by atoms with Crippen molar-refractivity contribution in [2.75, 3.05) is 52.1 Å². The fraction of sp³-hybridized carbons (Fsp3) is 0.870. The van der Waals surface area contributed by atoms with Crippen LogP contribution in [0.3, 0.4) is 0 Å². The van der Waals surface area contributed by atoms with Gasteiger partial charge in [0.2, 0.25) is 5.91 Å². The van der Waals surface area contributed by atoms with Gasteiger partial charge in [0.1, 0.15) is 6.61 Å². The number of halogens is 1. The molecule has 0 radical (unpaired) electrons. The molecule has 0 rings (SSSR count). The molecule has 0 aliphatic rings. The Morgan fingerprint density at radius 2 is 1.57 bits per heavy atom. The highest BCUT2D eigenvalue weighted by molar-refractivity contribution is 6.17. The minimum Gasteiger partial charge on any atom is -0.379 e. The molecule has 0 fully saturated rings. The van der Waals surface area contributed by atoms with Gasteiger partial charge in [0.15, 0.2) is 0 Å². The molecule has 0 spiro atoms. The van der Waals surface area contributed by atoms with Crippen LogP contribution in [0.25, 0.3) is 0 Å². The Kier molecular flexibility index (Phi) is 17.3. The molecule has 1 amide bonds. The highest BCUT2D eigenvalue weighted by Crippen LogP contribution is 2.19. The zero-order valence-electron chi connectivity index (χ0n) is 19.4. The van der Waals surface area contributed by atoms with Crippen molar-refractivity contribution in [2.45, 2.75) is 77.4 Å². The van der Waals surface area contributed by atoms with Crippen molar-refractivity contribution >= 4 is 17.5 Å². The number of terminal acetylenes is 1. The number of carbonyl (C=O) groups excluding carboxylic acids is 1. The lowest BCUT2D eigenvalue weighted by Gasteiger charge is -2.28. The Morgan fingerprint density at radius 3 is 2.23 bits per heavy atom. The van der Waals surface area contributed by atoms with Crippen LogP contribution in [0.4, 0.5) is 0 Å². The molecule has 0 saturated carbocycles.